The first-order valence-corrected chi connectivity index (χ1v) is 6.56. The average Bonchev–Trinajstić information content (AvgIpc) is 2.53. The Morgan fingerprint density at radius 1 is 0.857 bits per heavy atom. The van der Waals surface area contributed by atoms with Crippen LogP contribution >= 0.6 is 0 Å². The van der Waals surface area contributed by atoms with Gasteiger partial charge in [-0.25, -0.2) is 8.78 Å². The van der Waals surface area contributed by atoms with Crippen molar-refractivity contribution in [3.05, 3.63) is 77.5 Å². The van der Waals surface area contributed by atoms with Crippen molar-refractivity contribution in [3.63, 3.8) is 0 Å². The highest BCUT2D eigenvalue weighted by atomic mass is 19.3. The lowest BCUT2D eigenvalue weighted by Gasteiger charge is -2.13. The molecule has 0 aliphatic heterocycles. The van der Waals surface area contributed by atoms with Crippen molar-refractivity contribution in [2.24, 2.45) is 0 Å². The molecule has 106 valence electrons. The molecule has 0 bridgehead atoms. The van der Waals surface area contributed by atoms with Gasteiger partial charge in [0.05, 0.1) is 5.52 Å². The van der Waals surface area contributed by atoms with Crippen LogP contribution in [0.1, 0.15) is 29.2 Å². The van der Waals surface area contributed by atoms with Crippen molar-refractivity contribution in [1.29, 1.82) is 0 Å². The van der Waals surface area contributed by atoms with E-state index in [0.29, 0.717) is 11.1 Å². The van der Waals surface area contributed by atoms with E-state index in [1.165, 1.54) is 18.2 Å². The van der Waals surface area contributed by atoms with Crippen LogP contribution in [-0.2, 0) is 0 Å². The first-order valence-electron chi connectivity index (χ1n) is 6.56. The molecular formula is C17H13F2NO. The Morgan fingerprint density at radius 3 is 2.43 bits per heavy atom. The SMILES string of the molecule is OC(c1cccc(C(F)F)c1)c1ccc2ncccc2c1. The van der Waals surface area contributed by atoms with Crippen LogP contribution in [0.2, 0.25) is 0 Å². The molecule has 0 saturated heterocycles. The minimum Gasteiger partial charge on any atom is -0.384 e. The molecule has 0 spiro atoms. The molecule has 0 amide bonds. The molecular weight excluding hydrogens is 272 g/mol. The highest BCUT2D eigenvalue weighted by molar-refractivity contribution is 5.79. The van der Waals surface area contributed by atoms with E-state index in [1.807, 2.05) is 24.3 Å². The Balaban J connectivity index is 1.99. The first-order chi connectivity index (χ1) is 10.1. The van der Waals surface area contributed by atoms with E-state index in [1.54, 1.807) is 18.3 Å². The molecule has 21 heavy (non-hydrogen) atoms. The van der Waals surface area contributed by atoms with Gasteiger partial charge in [-0.1, -0.05) is 30.3 Å². The van der Waals surface area contributed by atoms with Crippen LogP contribution < -0.4 is 0 Å². The Labute approximate surface area is 120 Å². The summed E-state index contributed by atoms with van der Waals surface area (Å²) in [7, 11) is 0. The Hall–Kier alpha value is -2.33. The number of halogens is 2. The zero-order valence-corrected chi connectivity index (χ0v) is 11.1. The van der Waals surface area contributed by atoms with Gasteiger partial charge in [0.1, 0.15) is 6.10 Å². The predicted molar refractivity (Wildman–Crippen MR) is 77.2 cm³/mol. The lowest BCUT2D eigenvalue weighted by molar-refractivity contribution is 0.150. The van der Waals surface area contributed by atoms with Crippen molar-refractivity contribution in [2.75, 3.05) is 0 Å². The molecule has 1 atom stereocenters. The summed E-state index contributed by atoms with van der Waals surface area (Å²) < 4.78 is 25.5. The summed E-state index contributed by atoms with van der Waals surface area (Å²) in [5.74, 6) is 0. The lowest BCUT2D eigenvalue weighted by atomic mass is 9.98. The largest absolute Gasteiger partial charge is 0.384 e. The Bertz CT molecular complexity index is 773. The van der Waals surface area contributed by atoms with Crippen LogP contribution in [0.4, 0.5) is 8.78 Å². The second kappa shape index (κ2) is 5.58. The third-order valence-corrected chi connectivity index (χ3v) is 3.42. The third kappa shape index (κ3) is 2.76. The zero-order chi connectivity index (χ0) is 14.8. The third-order valence-electron chi connectivity index (χ3n) is 3.42. The second-order valence-corrected chi connectivity index (χ2v) is 4.83. The molecule has 1 heterocycles. The number of rotatable bonds is 3. The van der Waals surface area contributed by atoms with E-state index in [4.69, 9.17) is 0 Å². The maximum atomic E-state index is 12.7. The summed E-state index contributed by atoms with van der Waals surface area (Å²) in [5.41, 5.74) is 1.85. The van der Waals surface area contributed by atoms with Crippen LogP contribution in [0.15, 0.2) is 60.8 Å². The predicted octanol–water partition coefficient (Wildman–Crippen LogP) is 4.25. The van der Waals surface area contributed by atoms with E-state index in [0.717, 1.165) is 10.9 Å². The van der Waals surface area contributed by atoms with Crippen molar-refractivity contribution in [1.82, 2.24) is 4.98 Å². The van der Waals surface area contributed by atoms with E-state index < -0.39 is 12.5 Å². The molecule has 0 fully saturated rings. The number of fused-ring (bicyclic) bond motifs is 1. The fraction of sp³-hybridized carbons (Fsp3) is 0.118. The summed E-state index contributed by atoms with van der Waals surface area (Å²) >= 11 is 0. The molecule has 1 aromatic heterocycles. The average molecular weight is 285 g/mol. The monoisotopic (exact) mass is 285 g/mol. The minimum absolute atomic E-state index is 0.0889. The Morgan fingerprint density at radius 2 is 1.62 bits per heavy atom. The molecule has 0 aliphatic carbocycles. The molecule has 0 aliphatic rings. The van der Waals surface area contributed by atoms with Gasteiger partial charge in [0.2, 0.25) is 0 Å². The van der Waals surface area contributed by atoms with Gasteiger partial charge in [0.15, 0.2) is 0 Å². The smallest absolute Gasteiger partial charge is 0.263 e. The summed E-state index contributed by atoms with van der Waals surface area (Å²) in [5, 5.41) is 11.3. The summed E-state index contributed by atoms with van der Waals surface area (Å²) in [6.07, 6.45) is -1.78. The quantitative estimate of drug-likeness (QED) is 0.780. The van der Waals surface area contributed by atoms with E-state index in [-0.39, 0.29) is 5.56 Å². The summed E-state index contributed by atoms with van der Waals surface area (Å²) in [4.78, 5) is 4.21. The van der Waals surface area contributed by atoms with Gasteiger partial charge >= 0.3 is 0 Å². The first kappa shape index (κ1) is 13.6. The number of aromatic nitrogens is 1. The molecule has 0 saturated carbocycles. The number of aliphatic hydroxyl groups excluding tert-OH is 1. The van der Waals surface area contributed by atoms with Crippen molar-refractivity contribution in [3.8, 4) is 0 Å². The molecule has 3 aromatic rings. The molecule has 4 heteroatoms. The summed E-state index contributed by atoms with van der Waals surface area (Å²) in [6, 6.07) is 15.0. The number of hydrogen-bond acceptors (Lipinski definition) is 2. The van der Waals surface area contributed by atoms with Gasteiger partial charge in [-0.05, 0) is 35.4 Å². The van der Waals surface area contributed by atoms with Gasteiger partial charge in [-0.2, -0.15) is 0 Å². The molecule has 0 radical (unpaired) electrons. The topological polar surface area (TPSA) is 33.1 Å². The highest BCUT2D eigenvalue weighted by Crippen LogP contribution is 2.27. The lowest BCUT2D eigenvalue weighted by Crippen LogP contribution is -2.00. The Kier molecular flexibility index (Phi) is 3.62. The maximum absolute atomic E-state index is 12.7. The summed E-state index contributed by atoms with van der Waals surface area (Å²) in [6.45, 7) is 0. The van der Waals surface area contributed by atoms with Crippen LogP contribution in [0, 0.1) is 0 Å². The minimum atomic E-state index is -2.54. The number of aliphatic hydroxyl groups is 1. The van der Waals surface area contributed by atoms with Crippen molar-refractivity contribution >= 4 is 10.9 Å². The van der Waals surface area contributed by atoms with Crippen LogP contribution in [-0.4, -0.2) is 10.1 Å². The van der Waals surface area contributed by atoms with Gasteiger partial charge < -0.3 is 5.11 Å². The van der Waals surface area contributed by atoms with E-state index in [2.05, 4.69) is 4.98 Å². The van der Waals surface area contributed by atoms with Crippen LogP contribution in [0.3, 0.4) is 0 Å². The number of pyridine rings is 1. The van der Waals surface area contributed by atoms with Gasteiger partial charge in [0.25, 0.3) is 6.43 Å². The standard InChI is InChI=1S/C17H13F2NO/c18-17(19)14-4-1-3-12(10-14)16(21)13-6-7-15-11(9-13)5-2-8-20-15/h1-10,16-17,21H. The van der Waals surface area contributed by atoms with Crippen molar-refractivity contribution in [2.45, 2.75) is 12.5 Å². The van der Waals surface area contributed by atoms with Gasteiger partial charge in [-0.15, -0.1) is 0 Å². The van der Waals surface area contributed by atoms with Crippen molar-refractivity contribution < 1.29 is 13.9 Å². The van der Waals surface area contributed by atoms with Gasteiger partial charge in [-0.3, -0.25) is 4.98 Å². The number of hydrogen-bond donors (Lipinski definition) is 1. The number of benzene rings is 2. The maximum Gasteiger partial charge on any atom is 0.263 e. The van der Waals surface area contributed by atoms with Crippen LogP contribution in [0.5, 0.6) is 0 Å². The zero-order valence-electron chi connectivity index (χ0n) is 11.1. The highest BCUT2D eigenvalue weighted by Gasteiger charge is 2.14. The molecule has 1 unspecified atom stereocenters. The van der Waals surface area contributed by atoms with Crippen LogP contribution in [0.25, 0.3) is 10.9 Å². The van der Waals surface area contributed by atoms with E-state index >= 15 is 0 Å². The molecule has 3 rings (SSSR count). The molecule has 2 nitrogen and oxygen atoms in total. The number of nitrogens with zero attached hydrogens (tertiary/aromatic N) is 1. The fourth-order valence-corrected chi connectivity index (χ4v) is 2.32. The van der Waals surface area contributed by atoms with Gasteiger partial charge in [0, 0.05) is 17.1 Å². The fourth-order valence-electron chi connectivity index (χ4n) is 2.32. The van der Waals surface area contributed by atoms with E-state index in [9.17, 15) is 13.9 Å². The second-order valence-electron chi connectivity index (χ2n) is 4.83. The number of alkyl halides is 2. The molecule has 2 aromatic carbocycles. The molecule has 1 N–H and O–H groups in total. The normalized spacial score (nSPS) is 12.8.